The third kappa shape index (κ3) is 11.3. The molecule has 3 atom stereocenters. The number of hydrogen-bond donors (Lipinski definition) is 1. The van der Waals surface area contributed by atoms with Gasteiger partial charge in [0.25, 0.3) is 0 Å². The van der Waals surface area contributed by atoms with Crippen molar-refractivity contribution in [3.8, 4) is 11.5 Å². The van der Waals surface area contributed by atoms with Gasteiger partial charge in [-0.2, -0.15) is 0 Å². The van der Waals surface area contributed by atoms with Crippen molar-refractivity contribution in [2.75, 3.05) is 40.5 Å². The standard InChI is InChI=1S/C33H50N2O7S/c1-24(2)27(18-26-14-15-30(40-7)31(19-26)41-17-11-16-39-6)20-28-21-35(32(36)42-33(3,4)5)22-29(28)34-43(37,38)23-25-12-9-8-10-13-25/h8-10,12-15,19,24,27-29,34H,11,16-18,20-23H2,1-7H3/t27-,28-,29+/m0/s1. The van der Waals surface area contributed by atoms with Gasteiger partial charge in [-0.3, -0.25) is 0 Å². The fourth-order valence-corrected chi connectivity index (χ4v) is 6.86. The van der Waals surface area contributed by atoms with Crippen molar-refractivity contribution in [3.05, 3.63) is 59.7 Å². The van der Waals surface area contributed by atoms with Crippen LogP contribution in [0.4, 0.5) is 4.79 Å². The fraction of sp³-hybridized carbons (Fsp3) is 0.606. The molecule has 0 aromatic heterocycles. The predicted octanol–water partition coefficient (Wildman–Crippen LogP) is 5.67. The molecule has 1 amide bonds. The maximum atomic E-state index is 13.3. The number of nitrogens with zero attached hydrogens (tertiary/aromatic N) is 1. The molecule has 240 valence electrons. The highest BCUT2D eigenvalue weighted by Crippen LogP contribution is 2.34. The third-order valence-corrected chi connectivity index (χ3v) is 9.02. The first-order chi connectivity index (χ1) is 20.3. The largest absolute Gasteiger partial charge is 0.493 e. The zero-order chi connectivity index (χ0) is 31.6. The number of methoxy groups -OCH3 is 2. The Kier molecular flexibility index (Phi) is 12.7. The average molecular weight is 619 g/mol. The first-order valence-corrected chi connectivity index (χ1v) is 16.8. The summed E-state index contributed by atoms with van der Waals surface area (Å²) in [4.78, 5) is 14.7. The summed E-state index contributed by atoms with van der Waals surface area (Å²) in [6.07, 6.45) is 1.87. The summed E-state index contributed by atoms with van der Waals surface area (Å²) in [6, 6.07) is 14.7. The van der Waals surface area contributed by atoms with Crippen molar-refractivity contribution in [3.63, 3.8) is 0 Å². The van der Waals surface area contributed by atoms with Gasteiger partial charge in [-0.25, -0.2) is 17.9 Å². The lowest BCUT2D eigenvalue weighted by Gasteiger charge is -2.28. The Labute approximate surface area is 258 Å². The van der Waals surface area contributed by atoms with E-state index in [-0.39, 0.29) is 24.1 Å². The molecule has 0 saturated carbocycles. The van der Waals surface area contributed by atoms with Gasteiger partial charge in [-0.1, -0.05) is 50.2 Å². The van der Waals surface area contributed by atoms with Crippen LogP contribution >= 0.6 is 0 Å². The maximum Gasteiger partial charge on any atom is 0.410 e. The van der Waals surface area contributed by atoms with E-state index in [2.05, 4.69) is 24.6 Å². The van der Waals surface area contributed by atoms with E-state index in [1.807, 2.05) is 51.1 Å². The summed E-state index contributed by atoms with van der Waals surface area (Å²) < 4.78 is 51.8. The number of carbonyl (C=O) groups excluding carboxylic acids is 1. The normalized spacial score (nSPS) is 18.1. The summed E-state index contributed by atoms with van der Waals surface area (Å²) in [5.74, 6) is 1.75. The Morgan fingerprint density at radius 2 is 1.72 bits per heavy atom. The zero-order valence-electron chi connectivity index (χ0n) is 26.8. The lowest BCUT2D eigenvalue weighted by molar-refractivity contribution is 0.0284. The molecule has 1 N–H and O–H groups in total. The van der Waals surface area contributed by atoms with E-state index in [9.17, 15) is 13.2 Å². The van der Waals surface area contributed by atoms with E-state index in [0.717, 1.165) is 24.8 Å². The van der Waals surface area contributed by atoms with Crippen LogP contribution in [-0.4, -0.2) is 71.6 Å². The van der Waals surface area contributed by atoms with E-state index in [0.29, 0.717) is 42.7 Å². The summed E-state index contributed by atoms with van der Waals surface area (Å²) >= 11 is 0. The lowest BCUT2D eigenvalue weighted by Crippen LogP contribution is -2.42. The zero-order valence-corrected chi connectivity index (χ0v) is 27.6. The quantitative estimate of drug-likeness (QED) is 0.257. The molecule has 43 heavy (non-hydrogen) atoms. The van der Waals surface area contributed by atoms with Crippen molar-refractivity contribution in [1.29, 1.82) is 0 Å². The van der Waals surface area contributed by atoms with Crippen molar-refractivity contribution in [1.82, 2.24) is 9.62 Å². The van der Waals surface area contributed by atoms with Gasteiger partial charge in [0.1, 0.15) is 5.60 Å². The number of nitrogens with one attached hydrogen (secondary N) is 1. The lowest BCUT2D eigenvalue weighted by atomic mass is 9.81. The van der Waals surface area contributed by atoms with Gasteiger partial charge in [0.2, 0.25) is 10.0 Å². The number of hydrogen-bond acceptors (Lipinski definition) is 7. The summed E-state index contributed by atoms with van der Waals surface area (Å²) in [6.45, 7) is 11.7. The molecule has 1 heterocycles. The highest BCUT2D eigenvalue weighted by molar-refractivity contribution is 7.88. The molecule has 1 aliphatic rings. The predicted molar refractivity (Wildman–Crippen MR) is 169 cm³/mol. The molecule has 0 radical (unpaired) electrons. The van der Waals surface area contributed by atoms with Crippen LogP contribution in [0, 0.1) is 17.8 Å². The number of likely N-dealkylation sites (tertiary alicyclic amines) is 1. The molecule has 0 unspecified atom stereocenters. The van der Waals surface area contributed by atoms with E-state index in [1.54, 1.807) is 31.3 Å². The van der Waals surface area contributed by atoms with Crippen molar-refractivity contribution in [2.45, 2.75) is 71.3 Å². The Morgan fingerprint density at radius 3 is 2.35 bits per heavy atom. The van der Waals surface area contributed by atoms with Crippen LogP contribution < -0.4 is 14.2 Å². The van der Waals surface area contributed by atoms with Gasteiger partial charge in [0.15, 0.2) is 11.5 Å². The van der Waals surface area contributed by atoms with E-state index in [1.165, 1.54) is 0 Å². The number of benzene rings is 2. The van der Waals surface area contributed by atoms with E-state index in [4.69, 9.17) is 18.9 Å². The number of amides is 1. The fourth-order valence-electron chi connectivity index (χ4n) is 5.41. The average Bonchev–Trinajstić information content (AvgIpc) is 3.31. The monoisotopic (exact) mass is 618 g/mol. The highest BCUT2D eigenvalue weighted by atomic mass is 32.2. The summed E-state index contributed by atoms with van der Waals surface area (Å²) in [5, 5.41) is 0. The van der Waals surface area contributed by atoms with Crippen LogP contribution in [0.3, 0.4) is 0 Å². The van der Waals surface area contributed by atoms with Crippen LogP contribution in [0.1, 0.15) is 58.6 Å². The second-order valence-corrected chi connectivity index (χ2v) is 14.5. The molecule has 2 aromatic carbocycles. The molecule has 1 aliphatic heterocycles. The topological polar surface area (TPSA) is 103 Å². The smallest absolute Gasteiger partial charge is 0.410 e. The van der Waals surface area contributed by atoms with Gasteiger partial charge < -0.3 is 23.8 Å². The minimum atomic E-state index is -3.64. The van der Waals surface area contributed by atoms with Gasteiger partial charge in [0.05, 0.1) is 19.5 Å². The Hall–Kier alpha value is -2.82. The van der Waals surface area contributed by atoms with Crippen molar-refractivity contribution < 1.29 is 32.2 Å². The molecule has 0 bridgehead atoms. The molecule has 1 saturated heterocycles. The maximum absolute atomic E-state index is 13.3. The number of carbonyl (C=O) groups is 1. The molecule has 3 rings (SSSR count). The van der Waals surface area contributed by atoms with Crippen LogP contribution in [0.5, 0.6) is 11.5 Å². The summed E-state index contributed by atoms with van der Waals surface area (Å²) in [7, 11) is -0.347. The second-order valence-electron chi connectivity index (χ2n) is 12.7. The van der Waals surface area contributed by atoms with Gasteiger partial charge in [-0.05, 0) is 74.6 Å². The number of ether oxygens (including phenoxy) is 4. The van der Waals surface area contributed by atoms with Gasteiger partial charge in [-0.15, -0.1) is 0 Å². The minimum Gasteiger partial charge on any atom is -0.493 e. The van der Waals surface area contributed by atoms with Crippen LogP contribution in [0.15, 0.2) is 48.5 Å². The number of rotatable bonds is 15. The van der Waals surface area contributed by atoms with Crippen molar-refractivity contribution >= 4 is 16.1 Å². The molecule has 9 nitrogen and oxygen atoms in total. The molecular weight excluding hydrogens is 568 g/mol. The number of sulfonamides is 1. The van der Waals surface area contributed by atoms with E-state index >= 15 is 0 Å². The first-order valence-electron chi connectivity index (χ1n) is 15.1. The second kappa shape index (κ2) is 15.8. The van der Waals surface area contributed by atoms with Gasteiger partial charge in [0, 0.05) is 39.3 Å². The molecule has 1 fully saturated rings. The first kappa shape index (κ1) is 34.7. The van der Waals surface area contributed by atoms with Crippen LogP contribution in [0.25, 0.3) is 0 Å². The molecule has 0 spiro atoms. The SMILES string of the molecule is COCCCOc1cc(C[C@@H](C[C@H]2CN(C(=O)OC(C)(C)C)C[C@H]2NS(=O)(=O)Cc2ccccc2)C(C)C)ccc1OC. The van der Waals surface area contributed by atoms with Crippen molar-refractivity contribution in [2.24, 2.45) is 17.8 Å². The Balaban J connectivity index is 1.79. The van der Waals surface area contributed by atoms with E-state index < -0.39 is 27.8 Å². The molecule has 10 heteroatoms. The molecule has 2 aromatic rings. The Bertz CT molecular complexity index is 1260. The van der Waals surface area contributed by atoms with Crippen LogP contribution in [0.2, 0.25) is 0 Å². The molecule has 0 aliphatic carbocycles. The minimum absolute atomic E-state index is 0.0755. The molecular formula is C33H50N2O7S. The Morgan fingerprint density at radius 1 is 1.00 bits per heavy atom. The highest BCUT2D eigenvalue weighted by Gasteiger charge is 2.40. The van der Waals surface area contributed by atoms with Crippen LogP contribution in [-0.2, 0) is 31.7 Å². The third-order valence-electron chi connectivity index (χ3n) is 7.65. The summed E-state index contributed by atoms with van der Waals surface area (Å²) in [5.41, 5.74) is 1.19. The van der Waals surface area contributed by atoms with Gasteiger partial charge >= 0.3 is 6.09 Å².